The summed E-state index contributed by atoms with van der Waals surface area (Å²) in [5.74, 6) is -3.38. The Morgan fingerprint density at radius 3 is 2.00 bits per heavy atom. The Labute approximate surface area is 247 Å². The first kappa shape index (κ1) is 35.6. The predicted molar refractivity (Wildman–Crippen MR) is 152 cm³/mol. The number of rotatable bonds is 11. The van der Waals surface area contributed by atoms with Gasteiger partial charge in [-0.15, -0.1) is 0 Å². The number of likely N-dealkylation sites (tertiary alicyclic amines) is 1. The quantitative estimate of drug-likeness (QED) is 0.272. The molecule has 2 fully saturated rings. The summed E-state index contributed by atoms with van der Waals surface area (Å²) >= 11 is 0. The van der Waals surface area contributed by atoms with Crippen LogP contribution in [0.4, 0.5) is 13.6 Å². The molecule has 0 aromatic rings. The van der Waals surface area contributed by atoms with Gasteiger partial charge in [-0.25, -0.2) is 31.1 Å². The van der Waals surface area contributed by atoms with Gasteiger partial charge in [-0.1, -0.05) is 55.4 Å². The SMILES string of the molecule is CN(C[C@@H](NC(=O)N[C@H](C(=O)N1C[C@H]2[C@@H]([C@H]1C(=O)N[C@@H](CC(F)F)C(=O)O)C2(C)C)C(C)(C)C)C(C)(C)C)S(C)(=O)=O. The average Bonchev–Trinajstić information content (AvgIpc) is 3.12. The molecule has 1 heterocycles. The van der Waals surface area contributed by atoms with Crippen molar-refractivity contribution in [2.45, 2.75) is 92.4 Å². The van der Waals surface area contributed by atoms with E-state index in [1.807, 2.05) is 34.6 Å². The number of nitrogens with one attached hydrogen (secondary N) is 3. The van der Waals surface area contributed by atoms with E-state index in [9.17, 15) is 41.5 Å². The van der Waals surface area contributed by atoms with Crippen molar-refractivity contribution in [3.8, 4) is 0 Å². The molecule has 1 aliphatic heterocycles. The Morgan fingerprint density at radius 2 is 1.57 bits per heavy atom. The van der Waals surface area contributed by atoms with Gasteiger partial charge in [-0.2, -0.15) is 0 Å². The zero-order valence-corrected chi connectivity index (χ0v) is 26.9. The van der Waals surface area contributed by atoms with E-state index in [0.29, 0.717) is 0 Å². The second-order valence-corrected chi connectivity index (χ2v) is 16.4. The van der Waals surface area contributed by atoms with Gasteiger partial charge in [-0.3, -0.25) is 9.59 Å². The van der Waals surface area contributed by atoms with Crippen LogP contribution in [0, 0.1) is 28.1 Å². The van der Waals surface area contributed by atoms with E-state index >= 15 is 0 Å². The lowest BCUT2D eigenvalue weighted by Gasteiger charge is -2.39. The fourth-order valence-electron chi connectivity index (χ4n) is 5.54. The van der Waals surface area contributed by atoms with Gasteiger partial charge in [0.1, 0.15) is 18.1 Å². The fourth-order valence-corrected chi connectivity index (χ4v) is 5.96. The first-order valence-corrected chi connectivity index (χ1v) is 15.7. The summed E-state index contributed by atoms with van der Waals surface area (Å²) in [6, 6.07) is -5.39. The number of halogens is 2. The molecule has 1 saturated carbocycles. The summed E-state index contributed by atoms with van der Waals surface area (Å²) < 4.78 is 51.1. The van der Waals surface area contributed by atoms with Gasteiger partial charge >= 0.3 is 12.0 Å². The van der Waals surface area contributed by atoms with Crippen LogP contribution in [-0.4, -0.2) is 104 Å². The molecule has 1 saturated heterocycles. The molecule has 0 aromatic heterocycles. The Balaban J connectivity index is 2.31. The summed E-state index contributed by atoms with van der Waals surface area (Å²) in [5, 5.41) is 17.1. The van der Waals surface area contributed by atoms with Crippen molar-refractivity contribution in [3.63, 3.8) is 0 Å². The molecule has 242 valence electrons. The standard InChI is InChI=1S/C27H47F2N5O7S/c1-25(2,3)16(13-33(9)42(10,40)41)31-24(39)32-20(26(4,5)6)22(36)34-12-14-18(27(14,7)8)19(34)21(35)30-15(23(37)38)11-17(28)29/h14-20H,11-13H2,1-10H3,(H,30,35)(H,37,38)(H2,31,32,39)/t14-,15-,16+,18-,19-,20+/m0/s1. The maximum Gasteiger partial charge on any atom is 0.326 e. The number of sulfonamides is 1. The van der Waals surface area contributed by atoms with Crippen LogP contribution in [0.1, 0.15) is 61.8 Å². The molecule has 12 nitrogen and oxygen atoms in total. The Bertz CT molecular complexity index is 1170. The zero-order chi connectivity index (χ0) is 32.7. The average molecular weight is 624 g/mol. The number of aliphatic carboxylic acids is 1. The highest BCUT2D eigenvalue weighted by molar-refractivity contribution is 7.88. The van der Waals surface area contributed by atoms with E-state index in [-0.39, 0.29) is 30.3 Å². The third kappa shape index (κ3) is 8.29. The Hall–Kier alpha value is -2.55. The number of urea groups is 1. The van der Waals surface area contributed by atoms with E-state index in [4.69, 9.17) is 0 Å². The zero-order valence-electron chi connectivity index (χ0n) is 26.1. The highest BCUT2D eigenvalue weighted by atomic mass is 32.2. The topological polar surface area (TPSA) is 165 Å². The van der Waals surface area contributed by atoms with Gasteiger partial charge in [0.05, 0.1) is 6.26 Å². The van der Waals surface area contributed by atoms with Crippen molar-refractivity contribution < 1.29 is 41.5 Å². The molecule has 0 unspecified atom stereocenters. The van der Waals surface area contributed by atoms with Crippen LogP contribution in [0.5, 0.6) is 0 Å². The van der Waals surface area contributed by atoms with Crippen molar-refractivity contribution in [1.29, 1.82) is 0 Å². The molecule has 2 aliphatic rings. The first-order chi connectivity index (χ1) is 18.8. The largest absolute Gasteiger partial charge is 0.480 e. The van der Waals surface area contributed by atoms with E-state index in [1.54, 1.807) is 20.8 Å². The summed E-state index contributed by atoms with van der Waals surface area (Å²) in [7, 11) is -2.13. The van der Waals surface area contributed by atoms with Crippen molar-refractivity contribution >= 4 is 33.8 Å². The molecule has 1 aliphatic carbocycles. The summed E-state index contributed by atoms with van der Waals surface area (Å²) in [4.78, 5) is 53.4. The highest BCUT2D eigenvalue weighted by Crippen LogP contribution is 2.65. The molecule has 0 radical (unpaired) electrons. The van der Waals surface area contributed by atoms with Gasteiger partial charge in [0, 0.05) is 32.6 Å². The van der Waals surface area contributed by atoms with Gasteiger partial charge in [0.2, 0.25) is 28.3 Å². The van der Waals surface area contributed by atoms with Crippen molar-refractivity contribution in [2.75, 3.05) is 26.4 Å². The molecule has 0 aromatic carbocycles. The third-order valence-corrected chi connectivity index (χ3v) is 9.81. The van der Waals surface area contributed by atoms with E-state index < -0.39 is 81.7 Å². The van der Waals surface area contributed by atoms with Crippen LogP contribution in [0.2, 0.25) is 0 Å². The van der Waals surface area contributed by atoms with Crippen molar-refractivity contribution in [3.05, 3.63) is 0 Å². The lowest BCUT2D eigenvalue weighted by Crippen LogP contribution is -2.62. The van der Waals surface area contributed by atoms with Crippen molar-refractivity contribution in [2.24, 2.45) is 28.1 Å². The van der Waals surface area contributed by atoms with Crippen LogP contribution < -0.4 is 16.0 Å². The number of hydrogen-bond acceptors (Lipinski definition) is 6. The number of alkyl halides is 2. The third-order valence-electron chi connectivity index (χ3n) is 8.53. The van der Waals surface area contributed by atoms with Crippen molar-refractivity contribution in [1.82, 2.24) is 25.2 Å². The van der Waals surface area contributed by atoms with Crippen LogP contribution >= 0.6 is 0 Å². The second kappa shape index (κ2) is 12.2. The normalized spacial score (nSPS) is 24.0. The number of piperidine rings is 1. The molecular formula is C27H47F2N5O7S. The van der Waals surface area contributed by atoms with E-state index in [0.717, 1.165) is 10.6 Å². The molecule has 2 rings (SSSR count). The summed E-state index contributed by atoms with van der Waals surface area (Å²) in [6.07, 6.45) is -2.98. The lowest BCUT2D eigenvalue weighted by molar-refractivity contribution is -0.147. The molecule has 6 atom stereocenters. The minimum absolute atomic E-state index is 0.0138. The number of fused-ring (bicyclic) bond motifs is 1. The molecule has 0 spiro atoms. The maximum atomic E-state index is 14.0. The van der Waals surface area contributed by atoms with Gasteiger partial charge in [0.15, 0.2) is 0 Å². The number of likely N-dealkylation sites (N-methyl/N-ethyl adjacent to an activating group) is 1. The number of carbonyl (C=O) groups is 4. The summed E-state index contributed by atoms with van der Waals surface area (Å²) in [5.41, 5.74) is -1.72. The van der Waals surface area contributed by atoms with Gasteiger partial charge in [0.25, 0.3) is 0 Å². The first-order valence-electron chi connectivity index (χ1n) is 13.9. The monoisotopic (exact) mass is 623 g/mol. The minimum Gasteiger partial charge on any atom is -0.480 e. The number of hydrogen-bond donors (Lipinski definition) is 4. The van der Waals surface area contributed by atoms with E-state index in [1.165, 1.54) is 11.9 Å². The second-order valence-electron chi connectivity index (χ2n) is 14.3. The molecule has 0 bridgehead atoms. The number of carboxylic acid groups (broad SMARTS) is 1. The molecule has 4 N–H and O–H groups in total. The smallest absolute Gasteiger partial charge is 0.326 e. The molecule has 4 amide bonds. The van der Waals surface area contributed by atoms with Crippen LogP contribution in [0.15, 0.2) is 0 Å². The highest BCUT2D eigenvalue weighted by Gasteiger charge is 2.70. The summed E-state index contributed by atoms with van der Waals surface area (Å²) in [6.45, 7) is 14.7. The predicted octanol–water partition coefficient (Wildman–Crippen LogP) is 1.71. The molecule has 15 heteroatoms. The van der Waals surface area contributed by atoms with Crippen LogP contribution in [0.25, 0.3) is 0 Å². The van der Waals surface area contributed by atoms with E-state index in [2.05, 4.69) is 16.0 Å². The van der Waals surface area contributed by atoms with Gasteiger partial charge in [-0.05, 0) is 28.1 Å². The lowest BCUT2D eigenvalue weighted by atomic mass is 9.85. The minimum atomic E-state index is -3.53. The molecule has 42 heavy (non-hydrogen) atoms. The maximum absolute atomic E-state index is 14.0. The number of carboxylic acids is 1. The number of carbonyl (C=O) groups excluding carboxylic acids is 3. The Morgan fingerprint density at radius 1 is 1.02 bits per heavy atom. The van der Waals surface area contributed by atoms with Crippen LogP contribution in [0.3, 0.4) is 0 Å². The van der Waals surface area contributed by atoms with Gasteiger partial charge < -0.3 is 26.0 Å². The molecular weight excluding hydrogens is 576 g/mol. The number of amides is 4. The Kier molecular flexibility index (Phi) is 10.4. The fraction of sp³-hybridized carbons (Fsp3) is 0.852. The van der Waals surface area contributed by atoms with Crippen LogP contribution in [-0.2, 0) is 24.4 Å². The number of nitrogens with zero attached hydrogens (tertiary/aromatic N) is 2.